The summed E-state index contributed by atoms with van der Waals surface area (Å²) in [5.41, 5.74) is 6.00. The summed E-state index contributed by atoms with van der Waals surface area (Å²) in [4.78, 5) is 9.82. The van der Waals surface area contributed by atoms with Crippen LogP contribution in [0, 0.1) is 20.0 Å². The Balaban J connectivity index is 1.47. The van der Waals surface area contributed by atoms with Crippen molar-refractivity contribution in [2.45, 2.75) is 45.0 Å². The molecule has 4 nitrogen and oxygen atoms in total. The molecule has 0 spiro atoms. The minimum atomic E-state index is 0.276. The molecule has 0 bridgehead atoms. The van der Waals surface area contributed by atoms with Crippen molar-refractivity contribution >= 4 is 27.7 Å². The summed E-state index contributed by atoms with van der Waals surface area (Å²) in [6.07, 6.45) is 5.95. The van der Waals surface area contributed by atoms with Gasteiger partial charge in [0.05, 0.1) is 28.6 Å². The van der Waals surface area contributed by atoms with Crippen molar-refractivity contribution in [3.8, 4) is 0 Å². The minimum absolute atomic E-state index is 0.276. The molecule has 143 valence electrons. The van der Waals surface area contributed by atoms with E-state index in [1.807, 2.05) is 11.8 Å². The van der Waals surface area contributed by atoms with Gasteiger partial charge < -0.3 is 4.98 Å². The largest absolute Gasteiger partial charge is 0.341 e. The second-order valence-corrected chi connectivity index (χ2v) is 9.12. The Labute approximate surface area is 170 Å². The van der Waals surface area contributed by atoms with Crippen LogP contribution in [-0.2, 0) is 0 Å². The lowest BCUT2D eigenvalue weighted by Gasteiger charge is -2.34. The monoisotopic (exact) mass is 389 g/mol. The SMILES string of the molecule is Cc1cc(C)c2nc([C@@H]3CCCN3N3[C]=C(c4ccccc4)SC3C)[nH]c2c1. The maximum atomic E-state index is 4.99. The first-order valence-corrected chi connectivity index (χ1v) is 10.9. The van der Waals surface area contributed by atoms with E-state index >= 15 is 0 Å². The molecule has 2 atom stereocenters. The van der Waals surface area contributed by atoms with Crippen LogP contribution in [0.4, 0.5) is 0 Å². The molecule has 2 aromatic carbocycles. The summed E-state index contributed by atoms with van der Waals surface area (Å²) in [7, 11) is 0. The van der Waals surface area contributed by atoms with Gasteiger partial charge >= 0.3 is 0 Å². The molecule has 0 saturated carbocycles. The molecular weight excluding hydrogens is 364 g/mol. The molecular formula is C23H25N4S. The zero-order valence-corrected chi connectivity index (χ0v) is 17.4. The number of hydrazine groups is 1. The Morgan fingerprint density at radius 1 is 1.18 bits per heavy atom. The smallest absolute Gasteiger partial charge is 0.126 e. The molecule has 1 aromatic heterocycles. The molecule has 5 rings (SSSR count). The number of aromatic nitrogens is 2. The number of nitrogens with one attached hydrogen (secondary N) is 1. The van der Waals surface area contributed by atoms with Crippen LogP contribution >= 0.6 is 11.8 Å². The fourth-order valence-corrected chi connectivity index (χ4v) is 5.41. The van der Waals surface area contributed by atoms with Crippen molar-refractivity contribution in [3.05, 3.63) is 71.2 Å². The van der Waals surface area contributed by atoms with Gasteiger partial charge in [0.1, 0.15) is 5.82 Å². The fraction of sp³-hybridized carbons (Fsp3) is 0.348. The number of rotatable bonds is 3. The lowest BCUT2D eigenvalue weighted by Crippen LogP contribution is -2.41. The van der Waals surface area contributed by atoms with Crippen LogP contribution in [0.5, 0.6) is 0 Å². The van der Waals surface area contributed by atoms with Gasteiger partial charge in [0.2, 0.25) is 0 Å². The second kappa shape index (κ2) is 6.98. The van der Waals surface area contributed by atoms with E-state index in [1.54, 1.807) is 0 Å². The van der Waals surface area contributed by atoms with Crippen molar-refractivity contribution in [1.29, 1.82) is 0 Å². The van der Waals surface area contributed by atoms with Crippen LogP contribution < -0.4 is 0 Å². The van der Waals surface area contributed by atoms with E-state index in [0.29, 0.717) is 5.37 Å². The predicted molar refractivity (Wildman–Crippen MR) is 116 cm³/mol. The first-order chi connectivity index (χ1) is 13.6. The molecule has 28 heavy (non-hydrogen) atoms. The molecule has 5 heteroatoms. The molecule has 1 radical (unpaired) electrons. The predicted octanol–water partition coefficient (Wildman–Crippen LogP) is 5.43. The van der Waals surface area contributed by atoms with Crippen molar-refractivity contribution < 1.29 is 0 Å². The molecule has 1 fully saturated rings. The Kier molecular flexibility index (Phi) is 4.44. The van der Waals surface area contributed by atoms with E-state index in [9.17, 15) is 0 Å². The highest BCUT2D eigenvalue weighted by molar-refractivity contribution is 8.09. The van der Waals surface area contributed by atoms with E-state index in [4.69, 9.17) is 4.98 Å². The first-order valence-electron chi connectivity index (χ1n) is 9.98. The van der Waals surface area contributed by atoms with E-state index in [0.717, 1.165) is 29.8 Å². The molecule has 3 heterocycles. The number of fused-ring (bicyclic) bond motifs is 1. The summed E-state index contributed by atoms with van der Waals surface area (Å²) in [5.74, 6) is 1.08. The third kappa shape index (κ3) is 3.03. The standard InChI is InChI=1S/C23H25N4S/c1-15-12-16(2)22-19(13-15)24-23(25-22)20-10-7-11-26(20)27-14-21(28-17(27)3)18-8-5-4-6-9-18/h4-6,8-9,12-13,17,20H,7,10-11H2,1-3H3,(H,24,25)/t17?,20-/m0/s1. The first kappa shape index (κ1) is 17.8. The minimum Gasteiger partial charge on any atom is -0.341 e. The Morgan fingerprint density at radius 3 is 2.82 bits per heavy atom. The van der Waals surface area contributed by atoms with Gasteiger partial charge in [-0.1, -0.05) is 48.2 Å². The van der Waals surface area contributed by atoms with Crippen molar-refractivity contribution in [3.63, 3.8) is 0 Å². The highest BCUT2D eigenvalue weighted by Crippen LogP contribution is 2.43. The van der Waals surface area contributed by atoms with Gasteiger partial charge in [-0.25, -0.2) is 9.99 Å². The van der Waals surface area contributed by atoms with Gasteiger partial charge in [0, 0.05) is 11.4 Å². The Bertz CT molecular complexity index is 1040. The van der Waals surface area contributed by atoms with E-state index < -0.39 is 0 Å². The Hall–Kier alpha value is -2.24. The Morgan fingerprint density at radius 2 is 2.00 bits per heavy atom. The molecule has 0 aliphatic carbocycles. The summed E-state index contributed by atoms with van der Waals surface area (Å²) >= 11 is 1.88. The third-order valence-corrected chi connectivity index (χ3v) is 6.75. The number of benzene rings is 2. The molecule has 0 amide bonds. The molecule has 2 aliphatic heterocycles. The number of thioether (sulfide) groups is 1. The topological polar surface area (TPSA) is 35.2 Å². The van der Waals surface area contributed by atoms with Crippen molar-refractivity contribution in [2.24, 2.45) is 0 Å². The molecule has 1 saturated heterocycles. The van der Waals surface area contributed by atoms with Gasteiger partial charge in [-0.2, -0.15) is 0 Å². The lowest BCUT2D eigenvalue weighted by molar-refractivity contribution is -0.00548. The lowest BCUT2D eigenvalue weighted by atomic mass is 10.1. The summed E-state index contributed by atoms with van der Waals surface area (Å²) in [6.45, 7) is 7.59. The van der Waals surface area contributed by atoms with Crippen LogP contribution in [0.1, 0.15) is 48.3 Å². The number of hydrogen-bond donors (Lipinski definition) is 1. The average molecular weight is 390 g/mol. The van der Waals surface area contributed by atoms with Crippen molar-refractivity contribution in [2.75, 3.05) is 6.54 Å². The van der Waals surface area contributed by atoms with E-state index in [-0.39, 0.29) is 6.04 Å². The average Bonchev–Trinajstić information content (AvgIpc) is 3.39. The third-order valence-electron chi connectivity index (χ3n) is 5.64. The van der Waals surface area contributed by atoms with Crippen LogP contribution in [0.3, 0.4) is 0 Å². The van der Waals surface area contributed by atoms with E-state index in [2.05, 4.69) is 84.4 Å². The van der Waals surface area contributed by atoms with Crippen molar-refractivity contribution in [1.82, 2.24) is 20.0 Å². The summed E-state index contributed by atoms with van der Waals surface area (Å²) in [6, 6.07) is 15.3. The molecule has 2 aliphatic rings. The number of hydrogen-bond acceptors (Lipinski definition) is 4. The summed E-state index contributed by atoms with van der Waals surface area (Å²) < 4.78 is 0. The fourth-order valence-electron chi connectivity index (χ4n) is 4.37. The van der Waals surface area contributed by atoms with Gasteiger partial charge in [-0.3, -0.25) is 5.01 Å². The van der Waals surface area contributed by atoms with Gasteiger partial charge in [-0.05, 0) is 56.4 Å². The van der Waals surface area contributed by atoms with Crippen LogP contribution in [-0.4, -0.2) is 31.9 Å². The maximum Gasteiger partial charge on any atom is 0.126 e. The second-order valence-electron chi connectivity index (χ2n) is 7.79. The number of nitrogens with zero attached hydrogens (tertiary/aromatic N) is 3. The molecule has 1 unspecified atom stereocenters. The number of H-pyrrole nitrogens is 1. The number of aromatic amines is 1. The van der Waals surface area contributed by atoms with Crippen LogP contribution in [0.15, 0.2) is 42.5 Å². The highest BCUT2D eigenvalue weighted by Gasteiger charge is 2.37. The highest BCUT2D eigenvalue weighted by atomic mass is 32.2. The maximum absolute atomic E-state index is 4.99. The molecule has 3 aromatic rings. The number of aryl methyl sites for hydroxylation is 2. The normalized spacial score (nSPS) is 23.0. The number of imidazole rings is 1. The van der Waals surface area contributed by atoms with E-state index in [1.165, 1.54) is 28.0 Å². The van der Waals surface area contributed by atoms with Crippen LogP contribution in [0.25, 0.3) is 15.9 Å². The van der Waals surface area contributed by atoms with Gasteiger partial charge in [0.15, 0.2) is 0 Å². The zero-order valence-electron chi connectivity index (χ0n) is 16.6. The quantitative estimate of drug-likeness (QED) is 0.648. The van der Waals surface area contributed by atoms with Crippen LogP contribution in [0.2, 0.25) is 0 Å². The summed E-state index contributed by atoms with van der Waals surface area (Å²) in [5, 5.41) is 5.09. The molecule has 1 N–H and O–H groups in total. The van der Waals surface area contributed by atoms with Gasteiger partial charge in [0.25, 0.3) is 0 Å². The zero-order chi connectivity index (χ0) is 19.3. The van der Waals surface area contributed by atoms with Gasteiger partial charge in [-0.15, -0.1) is 0 Å².